The fraction of sp³-hybridized carbons (Fsp3) is 0.588. The molecule has 1 amide bonds. The van der Waals surface area contributed by atoms with Gasteiger partial charge in [0.15, 0.2) is 0 Å². The van der Waals surface area contributed by atoms with E-state index in [0.717, 1.165) is 38.3 Å². The largest absolute Gasteiger partial charge is 0.353 e. The third-order valence-corrected chi connectivity index (χ3v) is 4.49. The molecule has 122 valence electrons. The number of rotatable bonds is 6. The highest BCUT2D eigenvalue weighted by Crippen LogP contribution is 2.10. The van der Waals surface area contributed by atoms with Gasteiger partial charge in [-0.2, -0.15) is 0 Å². The van der Waals surface area contributed by atoms with E-state index in [-0.39, 0.29) is 5.91 Å². The van der Waals surface area contributed by atoms with Gasteiger partial charge in [-0.05, 0) is 19.0 Å². The lowest BCUT2D eigenvalue weighted by molar-refractivity contribution is -0.122. The molecule has 0 saturated carbocycles. The van der Waals surface area contributed by atoms with E-state index in [1.807, 2.05) is 30.3 Å². The molecule has 1 aliphatic rings. The molecule has 5 nitrogen and oxygen atoms in total. The van der Waals surface area contributed by atoms with Crippen molar-refractivity contribution in [1.29, 1.82) is 0 Å². The predicted molar refractivity (Wildman–Crippen MR) is 89.5 cm³/mol. The van der Waals surface area contributed by atoms with Gasteiger partial charge in [-0.1, -0.05) is 37.3 Å². The zero-order valence-corrected chi connectivity index (χ0v) is 13.7. The Morgan fingerprint density at radius 1 is 1.23 bits per heavy atom. The van der Waals surface area contributed by atoms with Crippen LogP contribution in [0.5, 0.6) is 0 Å². The van der Waals surface area contributed by atoms with Crippen LogP contribution in [-0.4, -0.2) is 61.0 Å². The quantitative estimate of drug-likeness (QED) is 0.817. The van der Waals surface area contributed by atoms with Crippen LogP contribution < -0.4 is 11.1 Å². The molecule has 1 aliphatic heterocycles. The Bertz CT molecular complexity index is 457. The number of amides is 1. The second kappa shape index (κ2) is 8.27. The van der Waals surface area contributed by atoms with Gasteiger partial charge in [0.25, 0.3) is 0 Å². The minimum atomic E-state index is -0.592. The molecule has 22 heavy (non-hydrogen) atoms. The van der Waals surface area contributed by atoms with E-state index in [1.54, 1.807) is 0 Å². The molecule has 0 bridgehead atoms. The SMILES string of the molecule is CCN1CCN(C(C)CNC(=O)C(N)c2ccccc2)CC1. The zero-order chi connectivity index (χ0) is 15.9. The highest BCUT2D eigenvalue weighted by Gasteiger charge is 2.21. The van der Waals surface area contributed by atoms with Crippen LogP contribution in [0.2, 0.25) is 0 Å². The van der Waals surface area contributed by atoms with E-state index in [9.17, 15) is 4.79 Å². The summed E-state index contributed by atoms with van der Waals surface area (Å²) in [6, 6.07) is 9.24. The van der Waals surface area contributed by atoms with Gasteiger partial charge in [0.2, 0.25) is 5.91 Å². The number of hydrogen-bond acceptors (Lipinski definition) is 4. The van der Waals surface area contributed by atoms with Gasteiger partial charge in [-0.25, -0.2) is 0 Å². The van der Waals surface area contributed by atoms with Crippen LogP contribution in [0.15, 0.2) is 30.3 Å². The minimum Gasteiger partial charge on any atom is -0.353 e. The van der Waals surface area contributed by atoms with E-state index in [1.165, 1.54) is 0 Å². The summed E-state index contributed by atoms with van der Waals surface area (Å²) in [6.45, 7) is 10.5. The number of likely N-dealkylation sites (N-methyl/N-ethyl adjacent to an activating group) is 1. The second-order valence-electron chi connectivity index (χ2n) is 5.95. The molecular formula is C17H28N4O. The maximum atomic E-state index is 12.2. The standard InChI is InChI=1S/C17H28N4O/c1-3-20-9-11-21(12-10-20)14(2)13-19-17(22)16(18)15-7-5-4-6-8-15/h4-8,14,16H,3,9-13,18H2,1-2H3,(H,19,22). The Labute approximate surface area is 133 Å². The van der Waals surface area contributed by atoms with Gasteiger partial charge in [0.1, 0.15) is 6.04 Å². The molecule has 3 N–H and O–H groups in total. The first-order chi connectivity index (χ1) is 10.6. The van der Waals surface area contributed by atoms with Crippen molar-refractivity contribution >= 4 is 5.91 Å². The smallest absolute Gasteiger partial charge is 0.241 e. The predicted octanol–water partition coefficient (Wildman–Crippen LogP) is 0.829. The Morgan fingerprint density at radius 3 is 2.45 bits per heavy atom. The molecule has 1 heterocycles. The maximum Gasteiger partial charge on any atom is 0.241 e. The lowest BCUT2D eigenvalue weighted by atomic mass is 10.1. The van der Waals surface area contributed by atoms with Gasteiger partial charge in [0.05, 0.1) is 0 Å². The number of nitrogens with two attached hydrogens (primary N) is 1. The van der Waals surface area contributed by atoms with Gasteiger partial charge >= 0.3 is 0 Å². The van der Waals surface area contributed by atoms with Crippen molar-refractivity contribution in [2.45, 2.75) is 25.9 Å². The molecular weight excluding hydrogens is 276 g/mol. The lowest BCUT2D eigenvalue weighted by Crippen LogP contribution is -2.52. The van der Waals surface area contributed by atoms with Crippen molar-refractivity contribution in [2.24, 2.45) is 5.73 Å². The van der Waals surface area contributed by atoms with Crippen LogP contribution >= 0.6 is 0 Å². The molecule has 1 aromatic rings. The summed E-state index contributed by atoms with van der Waals surface area (Å²) in [7, 11) is 0. The lowest BCUT2D eigenvalue weighted by Gasteiger charge is -2.37. The molecule has 1 aromatic carbocycles. The van der Waals surface area contributed by atoms with E-state index >= 15 is 0 Å². The number of carbonyl (C=O) groups is 1. The summed E-state index contributed by atoms with van der Waals surface area (Å²) < 4.78 is 0. The van der Waals surface area contributed by atoms with Crippen LogP contribution in [0.3, 0.4) is 0 Å². The van der Waals surface area contributed by atoms with Gasteiger partial charge in [-0.3, -0.25) is 9.69 Å². The van der Waals surface area contributed by atoms with E-state index in [2.05, 4.69) is 29.0 Å². The zero-order valence-electron chi connectivity index (χ0n) is 13.7. The van der Waals surface area contributed by atoms with E-state index < -0.39 is 6.04 Å². The molecule has 2 rings (SSSR count). The Morgan fingerprint density at radius 2 is 1.86 bits per heavy atom. The number of carbonyl (C=O) groups excluding carboxylic acids is 1. The topological polar surface area (TPSA) is 61.6 Å². The van der Waals surface area contributed by atoms with Crippen LogP contribution in [0, 0.1) is 0 Å². The molecule has 5 heteroatoms. The molecule has 0 spiro atoms. The first-order valence-corrected chi connectivity index (χ1v) is 8.16. The van der Waals surface area contributed by atoms with Crippen molar-refractivity contribution in [1.82, 2.24) is 15.1 Å². The Balaban J connectivity index is 1.76. The first kappa shape index (κ1) is 16.9. The monoisotopic (exact) mass is 304 g/mol. The Hall–Kier alpha value is -1.43. The number of nitrogens with one attached hydrogen (secondary N) is 1. The number of nitrogens with zero attached hydrogens (tertiary/aromatic N) is 2. The Kier molecular flexibility index (Phi) is 6.36. The van der Waals surface area contributed by atoms with Crippen molar-refractivity contribution in [3.05, 3.63) is 35.9 Å². The average molecular weight is 304 g/mol. The third kappa shape index (κ3) is 4.53. The van der Waals surface area contributed by atoms with Gasteiger partial charge in [-0.15, -0.1) is 0 Å². The van der Waals surface area contributed by atoms with E-state index in [0.29, 0.717) is 12.6 Å². The van der Waals surface area contributed by atoms with Crippen LogP contribution in [0.1, 0.15) is 25.5 Å². The van der Waals surface area contributed by atoms with Crippen molar-refractivity contribution in [3.8, 4) is 0 Å². The molecule has 0 aliphatic carbocycles. The summed E-state index contributed by atoms with van der Waals surface area (Å²) >= 11 is 0. The molecule has 1 saturated heterocycles. The van der Waals surface area contributed by atoms with Crippen molar-refractivity contribution < 1.29 is 4.79 Å². The van der Waals surface area contributed by atoms with Gasteiger partial charge < -0.3 is 16.0 Å². The average Bonchev–Trinajstić information content (AvgIpc) is 2.59. The summed E-state index contributed by atoms with van der Waals surface area (Å²) in [4.78, 5) is 17.0. The summed E-state index contributed by atoms with van der Waals surface area (Å²) in [5.41, 5.74) is 6.86. The molecule has 1 fully saturated rings. The normalized spacial score (nSPS) is 19.6. The fourth-order valence-corrected chi connectivity index (χ4v) is 2.82. The summed E-state index contributed by atoms with van der Waals surface area (Å²) in [5.74, 6) is -0.106. The fourth-order valence-electron chi connectivity index (χ4n) is 2.82. The molecule has 2 atom stereocenters. The number of piperazine rings is 1. The summed E-state index contributed by atoms with van der Waals surface area (Å²) in [6.07, 6.45) is 0. The third-order valence-electron chi connectivity index (χ3n) is 4.49. The van der Waals surface area contributed by atoms with Crippen molar-refractivity contribution in [2.75, 3.05) is 39.3 Å². The minimum absolute atomic E-state index is 0.106. The molecule has 2 unspecified atom stereocenters. The van der Waals surface area contributed by atoms with Crippen LogP contribution in [0.25, 0.3) is 0 Å². The van der Waals surface area contributed by atoms with Crippen LogP contribution in [0.4, 0.5) is 0 Å². The molecule has 0 radical (unpaired) electrons. The summed E-state index contributed by atoms with van der Waals surface area (Å²) in [5, 5.41) is 2.98. The van der Waals surface area contributed by atoms with E-state index in [4.69, 9.17) is 5.73 Å². The van der Waals surface area contributed by atoms with Crippen molar-refractivity contribution in [3.63, 3.8) is 0 Å². The molecule has 0 aromatic heterocycles. The van der Waals surface area contributed by atoms with Crippen LogP contribution in [-0.2, 0) is 4.79 Å². The first-order valence-electron chi connectivity index (χ1n) is 8.16. The number of benzene rings is 1. The van der Waals surface area contributed by atoms with Gasteiger partial charge in [0, 0.05) is 38.8 Å². The second-order valence-corrected chi connectivity index (χ2v) is 5.95. The highest BCUT2D eigenvalue weighted by molar-refractivity contribution is 5.82. The highest BCUT2D eigenvalue weighted by atomic mass is 16.2. The number of hydrogen-bond donors (Lipinski definition) is 2. The maximum absolute atomic E-state index is 12.2.